The first-order valence-electron chi connectivity index (χ1n) is 5.79. The fourth-order valence-electron chi connectivity index (χ4n) is 1.75. The topological polar surface area (TPSA) is 89.7 Å². The fraction of sp³-hybridized carbons (Fsp3) is 0.154. The van der Waals surface area contributed by atoms with Gasteiger partial charge in [0.05, 0.1) is 12.0 Å². The van der Waals surface area contributed by atoms with Crippen molar-refractivity contribution in [2.45, 2.75) is 0 Å². The number of carbonyl (C=O) groups is 3. The van der Waals surface area contributed by atoms with E-state index < -0.39 is 23.6 Å². The monoisotopic (exact) mass is 370 g/mol. The van der Waals surface area contributed by atoms with Crippen LogP contribution in [0.3, 0.4) is 0 Å². The molecule has 3 amide bonds. The number of thioether (sulfide) groups is 1. The van der Waals surface area contributed by atoms with E-state index in [-0.39, 0.29) is 4.91 Å². The molecule has 0 aromatic heterocycles. The predicted octanol–water partition coefficient (Wildman–Crippen LogP) is 1.98. The second-order valence-electron chi connectivity index (χ2n) is 4.12. The molecule has 0 spiro atoms. The van der Waals surface area contributed by atoms with Crippen LogP contribution in [0.1, 0.15) is 5.56 Å². The fourth-order valence-corrected chi connectivity index (χ4v) is 2.96. The molecule has 1 aromatic rings. The molecule has 1 aromatic carbocycles. The van der Waals surface area contributed by atoms with E-state index in [0.717, 1.165) is 21.1 Å². The highest BCUT2D eigenvalue weighted by molar-refractivity contribution is 9.10. The minimum absolute atomic E-state index is 0.220. The third-order valence-corrected chi connectivity index (χ3v) is 4.07. The smallest absolute Gasteiger partial charge is 0.294 e. The van der Waals surface area contributed by atoms with Crippen LogP contribution in [0, 0.1) is 0 Å². The summed E-state index contributed by atoms with van der Waals surface area (Å²) >= 11 is 4.09. The molecule has 2 rings (SSSR count). The number of nitrogens with two attached hydrogens (primary N) is 1. The van der Waals surface area contributed by atoms with Gasteiger partial charge in [-0.2, -0.15) is 0 Å². The normalized spacial score (nSPS) is 16.7. The highest BCUT2D eigenvalue weighted by atomic mass is 79.9. The number of rotatable bonds is 4. The maximum Gasteiger partial charge on any atom is 0.294 e. The first-order valence-corrected chi connectivity index (χ1v) is 7.40. The standard InChI is InChI=1S/C13H11BrN2O4S/c1-20-9-3-2-8(14)4-7(9)5-10-12(18)16(6-11(15)17)13(19)21-10/h2-5H,6H2,1H3,(H2,15,17)/b10-5-. The molecule has 1 aliphatic rings. The Kier molecular flexibility index (Phi) is 4.69. The van der Waals surface area contributed by atoms with Crippen LogP contribution >= 0.6 is 27.7 Å². The van der Waals surface area contributed by atoms with Gasteiger partial charge >= 0.3 is 0 Å². The van der Waals surface area contributed by atoms with E-state index in [1.807, 2.05) is 0 Å². The van der Waals surface area contributed by atoms with Gasteiger partial charge < -0.3 is 10.5 Å². The SMILES string of the molecule is COc1ccc(Br)cc1/C=C1\SC(=O)N(CC(N)=O)C1=O. The minimum Gasteiger partial charge on any atom is -0.496 e. The number of hydrogen-bond acceptors (Lipinski definition) is 5. The summed E-state index contributed by atoms with van der Waals surface area (Å²) < 4.78 is 6.02. The van der Waals surface area contributed by atoms with Crippen molar-refractivity contribution < 1.29 is 19.1 Å². The van der Waals surface area contributed by atoms with Crippen molar-refractivity contribution in [3.05, 3.63) is 33.1 Å². The minimum atomic E-state index is -0.737. The lowest BCUT2D eigenvalue weighted by Crippen LogP contribution is -2.36. The van der Waals surface area contributed by atoms with Crippen molar-refractivity contribution in [1.82, 2.24) is 4.90 Å². The quantitative estimate of drug-likeness (QED) is 0.818. The Balaban J connectivity index is 2.35. The molecule has 1 heterocycles. The lowest BCUT2D eigenvalue weighted by Gasteiger charge is -2.09. The van der Waals surface area contributed by atoms with Crippen molar-refractivity contribution in [1.29, 1.82) is 0 Å². The van der Waals surface area contributed by atoms with Crippen molar-refractivity contribution in [2.75, 3.05) is 13.7 Å². The molecule has 110 valence electrons. The van der Waals surface area contributed by atoms with Gasteiger partial charge in [-0.25, -0.2) is 0 Å². The molecule has 0 radical (unpaired) electrons. The third-order valence-electron chi connectivity index (χ3n) is 2.67. The number of halogens is 1. The number of amides is 3. The van der Waals surface area contributed by atoms with Crippen LogP contribution in [0.25, 0.3) is 6.08 Å². The molecule has 21 heavy (non-hydrogen) atoms. The van der Waals surface area contributed by atoms with Crippen LogP contribution in [0.15, 0.2) is 27.6 Å². The van der Waals surface area contributed by atoms with Crippen LogP contribution in [-0.4, -0.2) is 35.6 Å². The first kappa shape index (κ1) is 15.6. The lowest BCUT2D eigenvalue weighted by atomic mass is 10.2. The number of benzene rings is 1. The van der Waals surface area contributed by atoms with E-state index in [4.69, 9.17) is 10.5 Å². The lowest BCUT2D eigenvalue weighted by molar-refractivity contribution is -0.127. The molecular formula is C13H11BrN2O4S. The summed E-state index contributed by atoms with van der Waals surface area (Å²) in [5, 5.41) is -0.515. The predicted molar refractivity (Wildman–Crippen MR) is 82.6 cm³/mol. The number of ether oxygens (including phenoxy) is 1. The summed E-state index contributed by atoms with van der Waals surface area (Å²) in [5.41, 5.74) is 5.67. The molecule has 1 fully saturated rings. The van der Waals surface area contributed by atoms with Gasteiger partial charge in [-0.15, -0.1) is 0 Å². The van der Waals surface area contributed by atoms with E-state index in [1.165, 1.54) is 7.11 Å². The molecule has 6 nitrogen and oxygen atoms in total. The van der Waals surface area contributed by atoms with Gasteiger partial charge in [0.15, 0.2) is 0 Å². The Labute approximate surface area is 133 Å². The Morgan fingerprint density at radius 3 is 2.81 bits per heavy atom. The van der Waals surface area contributed by atoms with Crippen LogP contribution < -0.4 is 10.5 Å². The number of nitrogens with zero attached hydrogens (tertiary/aromatic N) is 1. The number of methoxy groups -OCH3 is 1. The molecule has 0 unspecified atom stereocenters. The summed E-state index contributed by atoms with van der Waals surface area (Å²) in [6.45, 7) is -0.419. The number of hydrogen-bond donors (Lipinski definition) is 1. The molecule has 8 heteroatoms. The van der Waals surface area contributed by atoms with E-state index in [2.05, 4.69) is 15.9 Å². The van der Waals surface area contributed by atoms with Crippen LogP contribution in [-0.2, 0) is 9.59 Å². The van der Waals surface area contributed by atoms with Gasteiger partial charge in [0.1, 0.15) is 12.3 Å². The van der Waals surface area contributed by atoms with Crippen LogP contribution in [0.5, 0.6) is 5.75 Å². The number of primary amides is 1. The van der Waals surface area contributed by atoms with Gasteiger partial charge in [-0.3, -0.25) is 19.3 Å². The van der Waals surface area contributed by atoms with Gasteiger partial charge in [-0.1, -0.05) is 15.9 Å². The Morgan fingerprint density at radius 2 is 2.19 bits per heavy atom. The highest BCUT2D eigenvalue weighted by Gasteiger charge is 2.35. The number of carbonyl (C=O) groups excluding carboxylic acids is 3. The zero-order chi connectivity index (χ0) is 15.6. The van der Waals surface area contributed by atoms with Crippen LogP contribution in [0.4, 0.5) is 4.79 Å². The van der Waals surface area contributed by atoms with E-state index in [1.54, 1.807) is 24.3 Å². The molecular weight excluding hydrogens is 360 g/mol. The summed E-state index contributed by atoms with van der Waals surface area (Å²) in [5.74, 6) is -0.704. The van der Waals surface area contributed by atoms with Crippen LogP contribution in [0.2, 0.25) is 0 Å². The average Bonchev–Trinajstić information content (AvgIpc) is 2.66. The number of imide groups is 1. The molecule has 0 atom stereocenters. The molecule has 1 saturated heterocycles. The second kappa shape index (κ2) is 6.31. The Morgan fingerprint density at radius 1 is 1.48 bits per heavy atom. The maximum absolute atomic E-state index is 12.1. The highest BCUT2D eigenvalue weighted by Crippen LogP contribution is 2.34. The van der Waals surface area contributed by atoms with E-state index in [9.17, 15) is 14.4 Å². The summed E-state index contributed by atoms with van der Waals surface area (Å²) in [7, 11) is 1.51. The second-order valence-corrected chi connectivity index (χ2v) is 6.03. The molecule has 0 bridgehead atoms. The maximum atomic E-state index is 12.1. The Hall–Kier alpha value is -1.80. The van der Waals surface area contributed by atoms with Crippen molar-refractivity contribution >= 4 is 50.8 Å². The van der Waals surface area contributed by atoms with Crippen molar-refractivity contribution in [3.63, 3.8) is 0 Å². The van der Waals surface area contributed by atoms with Gasteiger partial charge in [0, 0.05) is 10.0 Å². The third kappa shape index (κ3) is 3.45. The van der Waals surface area contributed by atoms with Crippen molar-refractivity contribution in [2.24, 2.45) is 5.73 Å². The molecule has 0 saturated carbocycles. The van der Waals surface area contributed by atoms with Gasteiger partial charge in [0.25, 0.3) is 11.1 Å². The summed E-state index contributed by atoms with van der Waals surface area (Å²) in [6, 6.07) is 5.31. The van der Waals surface area contributed by atoms with Gasteiger partial charge in [0.2, 0.25) is 5.91 Å². The summed E-state index contributed by atoms with van der Waals surface area (Å²) in [4.78, 5) is 35.7. The first-order chi connectivity index (χ1) is 9.92. The van der Waals surface area contributed by atoms with Crippen molar-refractivity contribution in [3.8, 4) is 5.75 Å². The molecule has 0 aliphatic carbocycles. The van der Waals surface area contributed by atoms with E-state index in [0.29, 0.717) is 11.3 Å². The zero-order valence-electron chi connectivity index (χ0n) is 11.0. The molecule has 1 aliphatic heterocycles. The van der Waals surface area contributed by atoms with E-state index >= 15 is 0 Å². The summed E-state index contributed by atoms with van der Waals surface area (Å²) in [6.07, 6.45) is 1.55. The van der Waals surface area contributed by atoms with Gasteiger partial charge in [-0.05, 0) is 36.0 Å². The Bertz CT molecular complexity index is 660. The molecule has 2 N–H and O–H groups in total. The average molecular weight is 371 g/mol. The largest absolute Gasteiger partial charge is 0.496 e. The zero-order valence-corrected chi connectivity index (χ0v) is 13.4.